The minimum absolute atomic E-state index is 0.684. The third-order valence-corrected chi connectivity index (χ3v) is 3.38. The molecule has 20 heavy (non-hydrogen) atoms. The molecule has 0 saturated heterocycles. The largest absolute Gasteiger partial charge is 0.340 e. The Morgan fingerprint density at radius 2 is 1.85 bits per heavy atom. The average Bonchev–Trinajstić information content (AvgIpc) is 2.47. The van der Waals surface area contributed by atoms with Gasteiger partial charge in [-0.25, -0.2) is 4.98 Å². The second-order valence-corrected chi connectivity index (χ2v) is 4.87. The molecule has 98 valence electrons. The predicted octanol–water partition coefficient (Wildman–Crippen LogP) is 5.27. The minimum atomic E-state index is 0.684. The fourth-order valence-electron chi connectivity index (χ4n) is 2.06. The molecular formula is C17H13ClN2. The average molecular weight is 281 g/mol. The highest BCUT2D eigenvalue weighted by Crippen LogP contribution is 2.27. The van der Waals surface area contributed by atoms with Crippen LogP contribution in [0.25, 0.3) is 17.0 Å². The number of benzene rings is 2. The molecule has 0 saturated carbocycles. The van der Waals surface area contributed by atoms with Gasteiger partial charge in [0.15, 0.2) is 0 Å². The fraction of sp³-hybridized carbons (Fsp3) is 0. The summed E-state index contributed by atoms with van der Waals surface area (Å²) in [6, 6.07) is 17.7. The van der Waals surface area contributed by atoms with Crippen LogP contribution in [0.5, 0.6) is 0 Å². The number of fused-ring (bicyclic) bond motifs is 1. The van der Waals surface area contributed by atoms with Gasteiger partial charge in [0, 0.05) is 17.1 Å². The first-order valence-corrected chi connectivity index (χ1v) is 6.69. The quantitative estimate of drug-likeness (QED) is 0.706. The predicted molar refractivity (Wildman–Crippen MR) is 86.6 cm³/mol. The normalized spacial score (nSPS) is 10.4. The van der Waals surface area contributed by atoms with Crippen LogP contribution in [-0.2, 0) is 0 Å². The number of nitrogens with one attached hydrogen (secondary N) is 1. The molecule has 3 rings (SSSR count). The Hall–Kier alpha value is -2.32. The number of rotatable bonds is 3. The van der Waals surface area contributed by atoms with E-state index in [0.29, 0.717) is 5.02 Å². The van der Waals surface area contributed by atoms with Crippen molar-refractivity contribution < 1.29 is 0 Å². The lowest BCUT2D eigenvalue weighted by atomic mass is 10.1. The van der Waals surface area contributed by atoms with Gasteiger partial charge in [0.25, 0.3) is 0 Å². The third-order valence-electron chi connectivity index (χ3n) is 3.07. The van der Waals surface area contributed by atoms with Crippen LogP contribution < -0.4 is 5.32 Å². The van der Waals surface area contributed by atoms with Gasteiger partial charge < -0.3 is 5.32 Å². The molecule has 0 spiro atoms. The van der Waals surface area contributed by atoms with Crippen molar-refractivity contribution in [1.82, 2.24) is 4.98 Å². The van der Waals surface area contributed by atoms with E-state index in [0.717, 1.165) is 28.0 Å². The molecule has 1 N–H and O–H groups in total. The van der Waals surface area contributed by atoms with Crippen molar-refractivity contribution in [1.29, 1.82) is 0 Å². The number of para-hydroxylation sites is 1. The second kappa shape index (κ2) is 5.35. The third kappa shape index (κ3) is 2.51. The summed E-state index contributed by atoms with van der Waals surface area (Å²) in [6.45, 7) is 3.77. The molecule has 1 aromatic heterocycles. The Kier molecular flexibility index (Phi) is 3.40. The van der Waals surface area contributed by atoms with E-state index in [9.17, 15) is 0 Å². The highest BCUT2D eigenvalue weighted by atomic mass is 35.5. The number of anilines is 2. The number of halogens is 1. The molecule has 3 heteroatoms. The van der Waals surface area contributed by atoms with Crippen LogP contribution in [-0.4, -0.2) is 4.98 Å². The van der Waals surface area contributed by atoms with Gasteiger partial charge in [0.2, 0.25) is 0 Å². The van der Waals surface area contributed by atoms with Crippen LogP contribution in [0.1, 0.15) is 5.56 Å². The lowest BCUT2D eigenvalue weighted by Gasteiger charge is -2.08. The van der Waals surface area contributed by atoms with E-state index < -0.39 is 0 Å². The molecule has 2 aromatic carbocycles. The van der Waals surface area contributed by atoms with Crippen LogP contribution in [0.2, 0.25) is 5.02 Å². The van der Waals surface area contributed by atoms with Crippen LogP contribution in [0.15, 0.2) is 61.2 Å². The Balaban J connectivity index is 2.06. The van der Waals surface area contributed by atoms with Crippen LogP contribution in [0.3, 0.4) is 0 Å². The summed E-state index contributed by atoms with van der Waals surface area (Å²) in [5.74, 6) is 0.731. The van der Waals surface area contributed by atoms with Gasteiger partial charge in [-0.2, -0.15) is 0 Å². The zero-order valence-corrected chi connectivity index (χ0v) is 11.6. The van der Waals surface area contributed by atoms with Gasteiger partial charge in [-0.05, 0) is 23.8 Å². The molecule has 3 aromatic rings. The van der Waals surface area contributed by atoms with E-state index in [2.05, 4.69) is 16.9 Å². The molecule has 0 bridgehead atoms. The summed E-state index contributed by atoms with van der Waals surface area (Å²) in [5.41, 5.74) is 2.86. The second-order valence-electron chi connectivity index (χ2n) is 4.46. The zero-order chi connectivity index (χ0) is 13.9. The highest BCUT2D eigenvalue weighted by Gasteiger charge is 2.05. The minimum Gasteiger partial charge on any atom is -0.340 e. The van der Waals surface area contributed by atoms with Gasteiger partial charge in [-0.3, -0.25) is 0 Å². The maximum absolute atomic E-state index is 6.32. The molecule has 0 aliphatic heterocycles. The maximum atomic E-state index is 6.32. The van der Waals surface area contributed by atoms with E-state index in [-0.39, 0.29) is 0 Å². The topological polar surface area (TPSA) is 24.9 Å². The van der Waals surface area contributed by atoms with E-state index in [1.54, 1.807) is 6.08 Å². The molecule has 0 aliphatic carbocycles. The number of nitrogens with zero attached hydrogens (tertiary/aromatic N) is 1. The summed E-state index contributed by atoms with van der Waals surface area (Å²) >= 11 is 6.32. The van der Waals surface area contributed by atoms with E-state index in [1.807, 2.05) is 54.6 Å². The lowest BCUT2D eigenvalue weighted by Crippen LogP contribution is -1.94. The van der Waals surface area contributed by atoms with Gasteiger partial charge >= 0.3 is 0 Å². The monoisotopic (exact) mass is 280 g/mol. The zero-order valence-electron chi connectivity index (χ0n) is 10.8. The van der Waals surface area contributed by atoms with Crippen LogP contribution in [0, 0.1) is 0 Å². The fourth-order valence-corrected chi connectivity index (χ4v) is 2.33. The van der Waals surface area contributed by atoms with E-state index in [1.165, 1.54) is 0 Å². The van der Waals surface area contributed by atoms with Gasteiger partial charge in [-0.1, -0.05) is 54.6 Å². The molecule has 0 atom stereocenters. The van der Waals surface area contributed by atoms with Gasteiger partial charge in [0.1, 0.15) is 5.82 Å². The first-order valence-electron chi connectivity index (χ1n) is 6.31. The van der Waals surface area contributed by atoms with E-state index in [4.69, 9.17) is 11.6 Å². The van der Waals surface area contributed by atoms with Gasteiger partial charge in [0.05, 0.1) is 10.5 Å². The Labute approximate surface area is 122 Å². The number of hydrogen-bond acceptors (Lipinski definition) is 2. The maximum Gasteiger partial charge on any atom is 0.132 e. The Morgan fingerprint density at radius 3 is 2.60 bits per heavy atom. The summed E-state index contributed by atoms with van der Waals surface area (Å²) in [7, 11) is 0. The van der Waals surface area contributed by atoms with Crippen molar-refractivity contribution in [3.8, 4) is 0 Å². The Bertz CT molecular complexity index is 767. The molecule has 0 radical (unpaired) electrons. The van der Waals surface area contributed by atoms with Gasteiger partial charge in [-0.15, -0.1) is 0 Å². The van der Waals surface area contributed by atoms with Crippen molar-refractivity contribution in [2.45, 2.75) is 0 Å². The molecule has 1 heterocycles. The number of aromatic nitrogens is 1. The summed E-state index contributed by atoms with van der Waals surface area (Å²) < 4.78 is 0. The standard InChI is InChI=1S/C17H13ClN2/c1-2-12-8-9-14-15(18)11-17(20-16(14)10-12)19-13-6-4-3-5-7-13/h2-11H,1H2,(H,19,20). The van der Waals surface area contributed by atoms with Crippen molar-refractivity contribution in [2.24, 2.45) is 0 Å². The van der Waals surface area contributed by atoms with Crippen LogP contribution in [0.4, 0.5) is 11.5 Å². The van der Waals surface area contributed by atoms with Crippen molar-refractivity contribution in [2.75, 3.05) is 5.32 Å². The van der Waals surface area contributed by atoms with Crippen molar-refractivity contribution in [3.05, 3.63) is 71.8 Å². The Morgan fingerprint density at radius 1 is 1.05 bits per heavy atom. The van der Waals surface area contributed by atoms with Crippen molar-refractivity contribution >= 4 is 40.1 Å². The summed E-state index contributed by atoms with van der Waals surface area (Å²) in [5, 5.41) is 4.88. The number of pyridine rings is 1. The molecule has 2 nitrogen and oxygen atoms in total. The lowest BCUT2D eigenvalue weighted by molar-refractivity contribution is 1.37. The summed E-state index contributed by atoms with van der Waals surface area (Å²) in [6.07, 6.45) is 1.80. The van der Waals surface area contributed by atoms with Crippen LogP contribution >= 0.6 is 11.6 Å². The molecule has 0 fully saturated rings. The van der Waals surface area contributed by atoms with E-state index >= 15 is 0 Å². The number of hydrogen-bond donors (Lipinski definition) is 1. The smallest absolute Gasteiger partial charge is 0.132 e. The first kappa shape index (κ1) is 12.7. The summed E-state index contributed by atoms with van der Waals surface area (Å²) in [4.78, 5) is 4.60. The van der Waals surface area contributed by atoms with Crippen molar-refractivity contribution in [3.63, 3.8) is 0 Å². The SMILES string of the molecule is C=Cc1ccc2c(Cl)cc(Nc3ccccc3)nc2c1. The molecular weight excluding hydrogens is 268 g/mol. The highest BCUT2D eigenvalue weighted by molar-refractivity contribution is 6.35. The first-order chi connectivity index (χ1) is 9.76. The molecule has 0 aliphatic rings. The molecule has 0 unspecified atom stereocenters. The molecule has 0 amide bonds.